The van der Waals surface area contributed by atoms with E-state index in [0.717, 1.165) is 12.8 Å². The Bertz CT molecular complexity index is 633. The van der Waals surface area contributed by atoms with Crippen molar-refractivity contribution in [2.45, 2.75) is 19.0 Å². The van der Waals surface area contributed by atoms with Crippen LogP contribution < -0.4 is 3.87 Å². The Kier molecular flexibility index (Phi) is 4.05. The summed E-state index contributed by atoms with van der Waals surface area (Å²) in [7, 11) is 0. The average molecular weight is 323 g/mol. The van der Waals surface area contributed by atoms with Crippen LogP contribution in [0, 0.1) is 0 Å². The summed E-state index contributed by atoms with van der Waals surface area (Å²) in [5.41, 5.74) is -0.458. The van der Waals surface area contributed by atoms with Gasteiger partial charge in [0.2, 0.25) is 0 Å². The van der Waals surface area contributed by atoms with Gasteiger partial charge < -0.3 is 0 Å². The van der Waals surface area contributed by atoms with Crippen molar-refractivity contribution in [3.05, 3.63) is 74.0 Å². The summed E-state index contributed by atoms with van der Waals surface area (Å²) < 4.78 is 42.9. The fourth-order valence-electron chi connectivity index (χ4n) is 2.77. The third-order valence-corrected chi connectivity index (χ3v) is 8.37. The van der Waals surface area contributed by atoms with E-state index in [1.807, 2.05) is 36.5 Å². The predicted molar refractivity (Wildman–Crippen MR) is 74.8 cm³/mol. The molecule has 1 aromatic carbocycles. The van der Waals surface area contributed by atoms with Gasteiger partial charge in [-0.15, -0.1) is 0 Å². The van der Waals surface area contributed by atoms with Gasteiger partial charge in [0.05, 0.1) is 0 Å². The molecule has 21 heavy (non-hydrogen) atoms. The zero-order chi connectivity index (χ0) is 14.9. The molecule has 0 nitrogen and oxygen atoms in total. The van der Waals surface area contributed by atoms with Crippen molar-refractivity contribution in [3.8, 4) is 0 Å². The second kappa shape index (κ2) is 5.82. The SMILES string of the molecule is FC(F)(F)c1cccc[c]1[Ti]([C]1=CC=CC1)[C]1=CC=CC1. The fourth-order valence-corrected chi connectivity index (χ4v) is 7.50. The second-order valence-electron chi connectivity index (χ2n) is 5.07. The van der Waals surface area contributed by atoms with E-state index in [-0.39, 0.29) is 0 Å². The number of rotatable bonds is 3. The third kappa shape index (κ3) is 2.99. The van der Waals surface area contributed by atoms with Crippen LogP contribution in [0.15, 0.2) is 68.5 Å². The van der Waals surface area contributed by atoms with Crippen molar-refractivity contribution in [1.29, 1.82) is 0 Å². The van der Waals surface area contributed by atoms with E-state index in [2.05, 4.69) is 0 Å². The summed E-state index contributed by atoms with van der Waals surface area (Å²) in [5.74, 6) is 0. The van der Waals surface area contributed by atoms with E-state index in [1.54, 1.807) is 12.1 Å². The van der Waals surface area contributed by atoms with Gasteiger partial charge in [-0.1, -0.05) is 0 Å². The molecule has 0 N–H and O–H groups in total. The molecule has 0 saturated heterocycles. The molecule has 0 amide bonds. The van der Waals surface area contributed by atoms with Crippen LogP contribution in [0.2, 0.25) is 0 Å². The quantitative estimate of drug-likeness (QED) is 0.711. The van der Waals surface area contributed by atoms with Crippen molar-refractivity contribution >= 4 is 3.87 Å². The average Bonchev–Trinajstić information content (AvgIpc) is 3.12. The van der Waals surface area contributed by atoms with Crippen LogP contribution in [0.5, 0.6) is 0 Å². The Morgan fingerprint density at radius 1 is 0.857 bits per heavy atom. The van der Waals surface area contributed by atoms with E-state index in [1.165, 1.54) is 19.9 Å². The summed E-state index contributed by atoms with van der Waals surface area (Å²) in [6.45, 7) is 0. The van der Waals surface area contributed by atoms with Crippen molar-refractivity contribution in [3.63, 3.8) is 0 Å². The first-order valence-corrected chi connectivity index (χ1v) is 9.17. The fraction of sp³-hybridized carbons (Fsp3) is 0.176. The van der Waals surface area contributed by atoms with Crippen LogP contribution in [-0.4, -0.2) is 0 Å². The number of halogens is 3. The molecule has 107 valence electrons. The molecule has 0 bridgehead atoms. The Morgan fingerprint density at radius 2 is 1.43 bits per heavy atom. The number of alkyl halides is 3. The molecular weight excluding hydrogens is 309 g/mol. The normalized spacial score (nSPS) is 17.1. The molecule has 0 spiro atoms. The van der Waals surface area contributed by atoms with Crippen LogP contribution in [-0.2, 0) is 24.0 Å². The molecule has 0 atom stereocenters. The molecule has 1 aromatic rings. The summed E-state index contributed by atoms with van der Waals surface area (Å²) in [6.07, 6.45) is 9.31. The molecule has 2 aliphatic carbocycles. The van der Waals surface area contributed by atoms with Crippen molar-refractivity contribution < 1.29 is 31.0 Å². The van der Waals surface area contributed by atoms with E-state index in [4.69, 9.17) is 0 Å². The zero-order valence-corrected chi connectivity index (χ0v) is 12.9. The van der Waals surface area contributed by atoms with Crippen molar-refractivity contribution in [2.24, 2.45) is 0 Å². The van der Waals surface area contributed by atoms with Crippen LogP contribution in [0.25, 0.3) is 0 Å². The van der Waals surface area contributed by atoms with E-state index in [9.17, 15) is 13.2 Å². The third-order valence-electron chi connectivity index (χ3n) is 3.69. The number of benzene rings is 1. The molecule has 0 fully saturated rings. The molecule has 0 radical (unpaired) electrons. The van der Waals surface area contributed by atoms with E-state index in [0.29, 0.717) is 3.87 Å². The van der Waals surface area contributed by atoms with Crippen molar-refractivity contribution in [2.75, 3.05) is 0 Å². The first-order chi connectivity index (χ1) is 10.1. The minimum absolute atomic E-state index is 0.458. The maximum atomic E-state index is 13.3. The van der Waals surface area contributed by atoms with Gasteiger partial charge in [-0.05, 0) is 0 Å². The van der Waals surface area contributed by atoms with E-state index < -0.39 is 29.6 Å². The van der Waals surface area contributed by atoms with Crippen molar-refractivity contribution in [1.82, 2.24) is 0 Å². The van der Waals surface area contributed by atoms with Gasteiger partial charge in [-0.3, -0.25) is 0 Å². The topological polar surface area (TPSA) is 0 Å². The number of hydrogen-bond acceptors (Lipinski definition) is 0. The van der Waals surface area contributed by atoms with E-state index >= 15 is 0 Å². The van der Waals surface area contributed by atoms with Crippen LogP contribution >= 0.6 is 0 Å². The van der Waals surface area contributed by atoms with Gasteiger partial charge in [0.15, 0.2) is 0 Å². The second-order valence-corrected chi connectivity index (χ2v) is 9.08. The Hall–Kier alpha value is -1.32. The standard InChI is InChI=1S/C7H4F3.2C5H5.Ti/c8-7(9,10)6-4-2-1-3-5-6;2*1-2-4-5-3-1;/h1-4H;2*1-3H,4H2;. The Morgan fingerprint density at radius 3 is 1.90 bits per heavy atom. The zero-order valence-electron chi connectivity index (χ0n) is 11.3. The first kappa shape index (κ1) is 14.6. The van der Waals surface area contributed by atoms with Gasteiger partial charge in [0, 0.05) is 0 Å². The molecule has 0 aliphatic heterocycles. The molecule has 0 unspecified atom stereocenters. The summed E-state index contributed by atoms with van der Waals surface area (Å²) in [6, 6.07) is 6.10. The molecule has 0 heterocycles. The molecule has 3 rings (SSSR count). The van der Waals surface area contributed by atoms with Crippen LogP contribution in [0.1, 0.15) is 18.4 Å². The Labute approximate surface area is 128 Å². The number of allylic oxidation sites excluding steroid dienone is 8. The molecule has 0 saturated carbocycles. The van der Waals surface area contributed by atoms with Gasteiger partial charge in [0.1, 0.15) is 0 Å². The molecule has 4 heteroatoms. The predicted octanol–water partition coefficient (Wildman–Crippen LogP) is 4.64. The molecule has 2 aliphatic rings. The van der Waals surface area contributed by atoms with Gasteiger partial charge in [0.25, 0.3) is 0 Å². The minimum atomic E-state index is -4.28. The number of hydrogen-bond donors (Lipinski definition) is 0. The maximum absolute atomic E-state index is 13.3. The molecular formula is C17H14F3Ti. The molecule has 0 aromatic heterocycles. The summed E-state index contributed by atoms with van der Waals surface area (Å²) >= 11 is -2.29. The van der Waals surface area contributed by atoms with Crippen LogP contribution in [0.3, 0.4) is 0 Å². The van der Waals surface area contributed by atoms with Crippen LogP contribution in [0.4, 0.5) is 13.2 Å². The first-order valence-electron chi connectivity index (χ1n) is 6.83. The monoisotopic (exact) mass is 323 g/mol. The Balaban J connectivity index is 2.09. The summed E-state index contributed by atoms with van der Waals surface area (Å²) in [5, 5.41) is 0. The summed E-state index contributed by atoms with van der Waals surface area (Å²) in [4.78, 5) is 0. The van der Waals surface area contributed by atoms with Gasteiger partial charge >= 0.3 is 128 Å². The van der Waals surface area contributed by atoms with Gasteiger partial charge in [-0.2, -0.15) is 0 Å². The van der Waals surface area contributed by atoms with Gasteiger partial charge in [-0.25, -0.2) is 0 Å².